The molecule has 0 spiro atoms. The summed E-state index contributed by atoms with van der Waals surface area (Å²) in [6.07, 6.45) is -0.937. The Labute approximate surface area is 137 Å². The first-order valence-corrected chi connectivity index (χ1v) is 7.48. The second kappa shape index (κ2) is 7.08. The topological polar surface area (TPSA) is 56.0 Å². The molecule has 0 aliphatic heterocycles. The van der Waals surface area contributed by atoms with Crippen LogP contribution in [0.3, 0.4) is 0 Å². The maximum absolute atomic E-state index is 12.8. The molecule has 0 aromatic carbocycles. The van der Waals surface area contributed by atoms with Crippen LogP contribution in [0.5, 0.6) is 0 Å². The fraction of sp³-hybridized carbons (Fsp3) is 0.500. The van der Waals surface area contributed by atoms with E-state index in [1.807, 2.05) is 19.2 Å². The Bertz CT molecular complexity index is 697. The van der Waals surface area contributed by atoms with Gasteiger partial charge in [0.2, 0.25) is 5.91 Å². The molecule has 1 amide bonds. The van der Waals surface area contributed by atoms with Gasteiger partial charge in [-0.2, -0.15) is 10.2 Å². The highest BCUT2D eigenvalue weighted by atomic mass is 35.5. The van der Waals surface area contributed by atoms with Crippen molar-refractivity contribution in [3.63, 3.8) is 0 Å². The number of carbonyl (C=O) groups is 1. The van der Waals surface area contributed by atoms with Crippen LogP contribution in [0.4, 0.5) is 8.78 Å². The Balaban J connectivity index is 2.05. The van der Waals surface area contributed by atoms with Crippen LogP contribution in [-0.4, -0.2) is 37.4 Å². The number of hydrogen-bond donors (Lipinski definition) is 0. The Morgan fingerprint density at radius 1 is 1.43 bits per heavy atom. The van der Waals surface area contributed by atoms with Crippen molar-refractivity contribution in [1.29, 1.82) is 0 Å². The molecule has 0 N–H and O–H groups in total. The number of amides is 1. The van der Waals surface area contributed by atoms with Gasteiger partial charge in [-0.05, 0) is 19.9 Å². The molecule has 126 valence electrons. The lowest BCUT2D eigenvalue weighted by molar-refractivity contribution is -0.131. The van der Waals surface area contributed by atoms with E-state index in [4.69, 9.17) is 11.6 Å². The Morgan fingerprint density at radius 3 is 2.65 bits per heavy atom. The van der Waals surface area contributed by atoms with Gasteiger partial charge in [0.05, 0.1) is 23.0 Å². The molecule has 0 atom stereocenters. The number of aryl methyl sites for hydroxylation is 1. The second-order valence-corrected chi connectivity index (χ2v) is 5.53. The average molecular weight is 346 g/mol. The van der Waals surface area contributed by atoms with Crippen molar-refractivity contribution in [3.05, 3.63) is 34.4 Å². The Morgan fingerprint density at radius 2 is 2.13 bits per heavy atom. The first kappa shape index (κ1) is 17.4. The van der Waals surface area contributed by atoms with Gasteiger partial charge in [-0.25, -0.2) is 8.78 Å². The Hall–Kier alpha value is -1.96. The molecule has 9 heteroatoms. The largest absolute Gasteiger partial charge is 0.338 e. The molecular formula is C14H18ClF2N5O. The summed E-state index contributed by atoms with van der Waals surface area (Å²) < 4.78 is 28.5. The number of nitrogens with zero attached hydrogens (tertiary/aromatic N) is 5. The summed E-state index contributed by atoms with van der Waals surface area (Å²) in [6, 6.07) is 1.83. The van der Waals surface area contributed by atoms with Gasteiger partial charge in [-0.15, -0.1) is 0 Å². The third-order valence-electron chi connectivity index (χ3n) is 3.49. The molecule has 2 heterocycles. The van der Waals surface area contributed by atoms with Gasteiger partial charge in [0.25, 0.3) is 6.43 Å². The van der Waals surface area contributed by atoms with E-state index in [0.717, 1.165) is 12.2 Å². The molecular weight excluding hydrogens is 328 g/mol. The quantitative estimate of drug-likeness (QED) is 0.808. The molecule has 0 bridgehead atoms. The van der Waals surface area contributed by atoms with Crippen LogP contribution in [0.25, 0.3) is 0 Å². The van der Waals surface area contributed by atoms with Crippen molar-refractivity contribution in [3.8, 4) is 0 Å². The molecule has 2 rings (SSSR count). The van der Waals surface area contributed by atoms with Crippen LogP contribution < -0.4 is 0 Å². The summed E-state index contributed by atoms with van der Waals surface area (Å²) in [6.45, 7) is 4.46. The lowest BCUT2D eigenvalue weighted by atomic mass is 10.3. The molecule has 0 saturated heterocycles. The summed E-state index contributed by atoms with van der Waals surface area (Å²) in [4.78, 5) is 13.7. The smallest absolute Gasteiger partial charge is 0.283 e. The average Bonchev–Trinajstić information content (AvgIpc) is 3.06. The van der Waals surface area contributed by atoms with Gasteiger partial charge in [-0.3, -0.25) is 14.2 Å². The Kier molecular flexibility index (Phi) is 5.35. The molecule has 2 aromatic rings. The second-order valence-electron chi connectivity index (χ2n) is 5.16. The highest BCUT2D eigenvalue weighted by molar-refractivity contribution is 6.31. The molecule has 0 aliphatic carbocycles. The monoisotopic (exact) mass is 345 g/mol. The van der Waals surface area contributed by atoms with Gasteiger partial charge >= 0.3 is 0 Å². The number of alkyl halides is 2. The lowest BCUT2D eigenvalue weighted by Gasteiger charge is -2.16. The molecule has 2 aromatic heterocycles. The van der Waals surface area contributed by atoms with Gasteiger partial charge in [0, 0.05) is 19.8 Å². The van der Waals surface area contributed by atoms with E-state index < -0.39 is 12.1 Å². The van der Waals surface area contributed by atoms with Crippen LogP contribution in [-0.2, 0) is 24.4 Å². The number of carbonyl (C=O) groups excluding carboxylic acids is 1. The predicted molar refractivity (Wildman–Crippen MR) is 81.3 cm³/mol. The molecule has 0 fully saturated rings. The van der Waals surface area contributed by atoms with Crippen LogP contribution in [0.2, 0.25) is 5.02 Å². The van der Waals surface area contributed by atoms with Gasteiger partial charge in [0.1, 0.15) is 12.2 Å². The standard InChI is InChI=1S/C14H18ClF2N5O/c1-4-21-6-5-10(18-21)7-20(3)11(23)8-22-9(2)12(15)13(19-22)14(16)17/h5-6,14H,4,7-8H2,1-3H3. The fourth-order valence-electron chi connectivity index (χ4n) is 2.09. The van der Waals surface area contributed by atoms with E-state index in [2.05, 4.69) is 10.2 Å². The van der Waals surface area contributed by atoms with Gasteiger partial charge in [0.15, 0.2) is 0 Å². The van der Waals surface area contributed by atoms with Crippen LogP contribution in [0, 0.1) is 6.92 Å². The minimum atomic E-state index is -2.77. The zero-order chi connectivity index (χ0) is 17.1. The van der Waals surface area contributed by atoms with Crippen LogP contribution in [0.1, 0.15) is 30.4 Å². The summed E-state index contributed by atoms with van der Waals surface area (Å²) in [7, 11) is 1.63. The third kappa shape index (κ3) is 3.87. The molecule has 0 saturated carbocycles. The number of aromatic nitrogens is 4. The molecule has 0 unspecified atom stereocenters. The van der Waals surface area contributed by atoms with Gasteiger partial charge in [-0.1, -0.05) is 11.6 Å². The number of rotatable bonds is 6. The molecule has 0 radical (unpaired) electrons. The van der Waals surface area contributed by atoms with Crippen molar-refractivity contribution in [1.82, 2.24) is 24.5 Å². The number of halogens is 3. The van der Waals surface area contributed by atoms with E-state index in [9.17, 15) is 13.6 Å². The van der Waals surface area contributed by atoms with E-state index in [-0.39, 0.29) is 17.5 Å². The van der Waals surface area contributed by atoms with E-state index >= 15 is 0 Å². The van der Waals surface area contributed by atoms with Gasteiger partial charge < -0.3 is 4.90 Å². The SMILES string of the molecule is CCn1ccc(CN(C)C(=O)Cn2nc(C(F)F)c(Cl)c2C)n1. The van der Waals surface area contributed by atoms with Crippen molar-refractivity contribution in [2.45, 2.75) is 39.9 Å². The molecule has 23 heavy (non-hydrogen) atoms. The predicted octanol–water partition coefficient (Wildman–Crippen LogP) is 2.66. The normalized spacial score (nSPS) is 11.3. The van der Waals surface area contributed by atoms with Crippen molar-refractivity contribution < 1.29 is 13.6 Å². The fourth-order valence-corrected chi connectivity index (χ4v) is 2.30. The molecule has 0 aliphatic rings. The van der Waals surface area contributed by atoms with E-state index in [1.165, 1.54) is 9.58 Å². The highest BCUT2D eigenvalue weighted by Crippen LogP contribution is 2.28. The highest BCUT2D eigenvalue weighted by Gasteiger charge is 2.22. The first-order chi connectivity index (χ1) is 10.8. The first-order valence-electron chi connectivity index (χ1n) is 7.10. The summed E-state index contributed by atoms with van der Waals surface area (Å²) in [5.74, 6) is -0.265. The van der Waals surface area contributed by atoms with E-state index in [0.29, 0.717) is 12.2 Å². The van der Waals surface area contributed by atoms with Crippen LogP contribution in [0.15, 0.2) is 12.3 Å². The summed E-state index contributed by atoms with van der Waals surface area (Å²) in [5, 5.41) is 7.92. The minimum absolute atomic E-state index is 0.0999. The van der Waals surface area contributed by atoms with E-state index in [1.54, 1.807) is 18.7 Å². The zero-order valence-corrected chi connectivity index (χ0v) is 13.9. The summed E-state index contributed by atoms with van der Waals surface area (Å²) >= 11 is 5.82. The molecule has 6 nitrogen and oxygen atoms in total. The van der Waals surface area contributed by atoms with Crippen LogP contribution >= 0.6 is 11.6 Å². The van der Waals surface area contributed by atoms with Crippen molar-refractivity contribution in [2.75, 3.05) is 7.05 Å². The lowest BCUT2D eigenvalue weighted by Crippen LogP contribution is -2.30. The van der Waals surface area contributed by atoms with Crippen molar-refractivity contribution >= 4 is 17.5 Å². The third-order valence-corrected chi connectivity index (χ3v) is 3.96. The van der Waals surface area contributed by atoms with Crippen molar-refractivity contribution in [2.24, 2.45) is 0 Å². The number of likely N-dealkylation sites (N-methyl/N-ethyl adjacent to an activating group) is 1. The zero-order valence-electron chi connectivity index (χ0n) is 13.1. The minimum Gasteiger partial charge on any atom is -0.338 e. The maximum atomic E-state index is 12.8. The maximum Gasteiger partial charge on any atom is 0.283 e. The summed E-state index contributed by atoms with van der Waals surface area (Å²) in [5.41, 5.74) is 0.603. The number of hydrogen-bond acceptors (Lipinski definition) is 3.